The van der Waals surface area contributed by atoms with E-state index in [9.17, 15) is 17.6 Å². The lowest BCUT2D eigenvalue weighted by Gasteiger charge is -2.25. The van der Waals surface area contributed by atoms with Gasteiger partial charge in [-0.3, -0.25) is 0 Å². The van der Waals surface area contributed by atoms with E-state index < -0.39 is 18.0 Å². The van der Waals surface area contributed by atoms with Crippen molar-refractivity contribution in [1.29, 1.82) is 0 Å². The van der Waals surface area contributed by atoms with Crippen LogP contribution in [-0.4, -0.2) is 38.6 Å². The van der Waals surface area contributed by atoms with Crippen LogP contribution in [0.5, 0.6) is 5.75 Å². The Bertz CT molecular complexity index is 1460. The molecule has 196 valence electrons. The van der Waals surface area contributed by atoms with E-state index >= 15 is 0 Å². The van der Waals surface area contributed by atoms with Crippen LogP contribution < -0.4 is 15.4 Å². The molecule has 2 aromatic heterocycles. The normalized spacial score (nSPS) is 21.6. The zero-order chi connectivity index (χ0) is 26.4. The molecule has 0 amide bonds. The first-order chi connectivity index (χ1) is 18.2. The summed E-state index contributed by atoms with van der Waals surface area (Å²) in [6.07, 6.45) is 1.16. The van der Waals surface area contributed by atoms with Gasteiger partial charge in [0.1, 0.15) is 35.3 Å². The molecule has 4 unspecified atom stereocenters. The second kappa shape index (κ2) is 9.46. The van der Waals surface area contributed by atoms with Crippen molar-refractivity contribution >= 4 is 16.7 Å². The predicted octanol–water partition coefficient (Wildman–Crippen LogP) is 5.55. The Balaban J connectivity index is 1.37. The topological polar surface area (TPSA) is 84.9 Å². The zero-order valence-corrected chi connectivity index (χ0v) is 20.3. The third-order valence-corrected chi connectivity index (χ3v) is 7.24. The molecule has 1 aliphatic carbocycles. The number of ether oxygens (including phenoxy) is 1. The average molecular weight is 525 g/mol. The van der Waals surface area contributed by atoms with Gasteiger partial charge in [0, 0.05) is 41.8 Å². The Morgan fingerprint density at radius 3 is 2.42 bits per heavy atom. The van der Waals surface area contributed by atoms with Crippen LogP contribution in [0.3, 0.4) is 0 Å². The van der Waals surface area contributed by atoms with E-state index in [1.54, 1.807) is 19.1 Å². The molecule has 1 saturated carbocycles. The minimum atomic E-state index is -4.61. The maximum atomic E-state index is 13.6. The summed E-state index contributed by atoms with van der Waals surface area (Å²) in [5.41, 5.74) is 2.68. The lowest BCUT2D eigenvalue weighted by molar-refractivity contribution is -0.145. The Kier molecular flexibility index (Phi) is 6.10. The SMILES string of the molecule is CC(Nc1ncnc2c(OC3CC4CC3CN4)cc(-c3ccc(F)cc3)cc12)c1cnc(C(F)(F)F)nc1. The number of anilines is 1. The number of halogens is 4. The van der Waals surface area contributed by atoms with Crippen LogP contribution in [0.15, 0.2) is 55.1 Å². The fraction of sp³-hybridized carbons (Fsp3) is 0.333. The quantitative estimate of drug-likeness (QED) is 0.320. The molecule has 0 spiro atoms. The van der Waals surface area contributed by atoms with E-state index in [0.717, 1.165) is 42.9 Å². The lowest BCUT2D eigenvalue weighted by atomic mass is 10.0. The number of aromatic nitrogens is 4. The van der Waals surface area contributed by atoms with Gasteiger partial charge in [0.05, 0.1) is 6.04 Å². The van der Waals surface area contributed by atoms with Gasteiger partial charge in [-0.15, -0.1) is 0 Å². The van der Waals surface area contributed by atoms with Gasteiger partial charge in [0.15, 0.2) is 0 Å². The van der Waals surface area contributed by atoms with Crippen molar-refractivity contribution in [2.24, 2.45) is 5.92 Å². The molecule has 2 aliphatic rings. The summed E-state index contributed by atoms with van der Waals surface area (Å²) in [6.45, 7) is 2.70. The number of hydrogen-bond donors (Lipinski definition) is 2. The summed E-state index contributed by atoms with van der Waals surface area (Å²) in [7, 11) is 0. The minimum absolute atomic E-state index is 0.0579. The number of fused-ring (bicyclic) bond motifs is 3. The summed E-state index contributed by atoms with van der Waals surface area (Å²) in [5.74, 6) is -0.0222. The van der Waals surface area contributed by atoms with Crippen LogP contribution in [0.1, 0.15) is 37.2 Å². The Morgan fingerprint density at radius 2 is 1.76 bits per heavy atom. The van der Waals surface area contributed by atoms with Crippen molar-refractivity contribution in [1.82, 2.24) is 25.3 Å². The van der Waals surface area contributed by atoms with Crippen LogP contribution in [0.2, 0.25) is 0 Å². The second-order valence-electron chi connectivity index (χ2n) is 9.80. The number of nitrogens with zero attached hydrogens (tertiary/aromatic N) is 4. The van der Waals surface area contributed by atoms with Gasteiger partial charge in [-0.25, -0.2) is 24.3 Å². The highest BCUT2D eigenvalue weighted by Crippen LogP contribution is 2.39. The van der Waals surface area contributed by atoms with Crippen LogP contribution in [-0.2, 0) is 6.18 Å². The summed E-state index contributed by atoms with van der Waals surface area (Å²) < 4.78 is 58.8. The molecule has 6 rings (SSSR count). The Hall–Kier alpha value is -3.86. The first kappa shape index (κ1) is 24.5. The fourth-order valence-electron chi connectivity index (χ4n) is 5.24. The van der Waals surface area contributed by atoms with Gasteiger partial charge in [-0.1, -0.05) is 12.1 Å². The van der Waals surface area contributed by atoms with Gasteiger partial charge < -0.3 is 15.4 Å². The maximum Gasteiger partial charge on any atom is 0.451 e. The van der Waals surface area contributed by atoms with Crippen molar-refractivity contribution in [2.75, 3.05) is 11.9 Å². The highest BCUT2D eigenvalue weighted by atomic mass is 19.4. The van der Waals surface area contributed by atoms with Crippen molar-refractivity contribution < 1.29 is 22.3 Å². The lowest BCUT2D eigenvalue weighted by Crippen LogP contribution is -2.35. The van der Waals surface area contributed by atoms with E-state index in [0.29, 0.717) is 40.0 Å². The summed E-state index contributed by atoms with van der Waals surface area (Å²) in [6, 6.07) is 10.0. The molecule has 2 fully saturated rings. The summed E-state index contributed by atoms with van der Waals surface area (Å²) >= 11 is 0. The van der Waals surface area contributed by atoms with Crippen molar-refractivity contribution in [3.05, 3.63) is 72.3 Å². The van der Waals surface area contributed by atoms with E-state index in [1.807, 2.05) is 12.1 Å². The molecule has 2 aromatic carbocycles. The fourth-order valence-corrected chi connectivity index (χ4v) is 5.24. The third-order valence-electron chi connectivity index (χ3n) is 7.24. The van der Waals surface area contributed by atoms with Crippen molar-refractivity contribution in [3.63, 3.8) is 0 Å². The van der Waals surface area contributed by atoms with E-state index in [2.05, 4.69) is 30.6 Å². The number of alkyl halides is 3. The molecule has 4 aromatic rings. The number of nitrogens with one attached hydrogen (secondary N) is 2. The molecule has 11 heteroatoms. The van der Waals surface area contributed by atoms with Crippen LogP contribution in [0.25, 0.3) is 22.0 Å². The average Bonchev–Trinajstić information content (AvgIpc) is 3.52. The Morgan fingerprint density at radius 1 is 1.00 bits per heavy atom. The van der Waals surface area contributed by atoms with Crippen molar-refractivity contribution in [2.45, 2.75) is 44.1 Å². The highest BCUT2D eigenvalue weighted by molar-refractivity contribution is 5.96. The maximum absolute atomic E-state index is 13.6. The number of hydrogen-bond acceptors (Lipinski definition) is 7. The van der Waals surface area contributed by atoms with Gasteiger partial charge in [-0.2, -0.15) is 13.2 Å². The molecule has 38 heavy (non-hydrogen) atoms. The molecule has 4 atom stereocenters. The van der Waals surface area contributed by atoms with Crippen LogP contribution in [0.4, 0.5) is 23.4 Å². The molecule has 0 radical (unpaired) electrons. The summed E-state index contributed by atoms with van der Waals surface area (Å²) in [4.78, 5) is 15.9. The predicted molar refractivity (Wildman–Crippen MR) is 133 cm³/mol. The standard InChI is InChI=1S/C27H24F4N6O/c1-14(18-11-33-26(34-12-18)27(29,30)31)37-25-21-7-16(15-2-4-19(28)5-3-15)8-23(24(21)35-13-36-25)38-22-9-20-6-17(22)10-32-20/h2-5,7-8,11-14,17,20,22,32H,6,9-10H2,1H3,(H,35,36,37). The van der Waals surface area contributed by atoms with Gasteiger partial charge in [0.2, 0.25) is 5.82 Å². The third kappa shape index (κ3) is 4.73. The smallest absolute Gasteiger partial charge is 0.451 e. The highest BCUT2D eigenvalue weighted by Gasteiger charge is 2.41. The second-order valence-corrected chi connectivity index (χ2v) is 9.80. The Labute approximate surface area is 215 Å². The molecule has 1 aliphatic heterocycles. The first-order valence-electron chi connectivity index (χ1n) is 12.3. The molecule has 1 saturated heterocycles. The molecule has 2 bridgehead atoms. The summed E-state index contributed by atoms with van der Waals surface area (Å²) in [5, 5.41) is 7.41. The zero-order valence-electron chi connectivity index (χ0n) is 20.3. The van der Waals surface area contributed by atoms with Crippen LogP contribution >= 0.6 is 0 Å². The van der Waals surface area contributed by atoms with E-state index in [-0.39, 0.29) is 11.9 Å². The molecular formula is C27H24F4N6O. The molecule has 7 nitrogen and oxygen atoms in total. The number of rotatable bonds is 6. The van der Waals surface area contributed by atoms with E-state index in [1.165, 1.54) is 18.5 Å². The van der Waals surface area contributed by atoms with Gasteiger partial charge in [0.25, 0.3) is 0 Å². The molecule has 2 N–H and O–H groups in total. The van der Waals surface area contributed by atoms with Gasteiger partial charge >= 0.3 is 6.18 Å². The van der Waals surface area contributed by atoms with Gasteiger partial charge in [-0.05, 0) is 55.2 Å². The number of piperidine rings is 1. The van der Waals surface area contributed by atoms with Crippen molar-refractivity contribution in [3.8, 4) is 16.9 Å². The minimum Gasteiger partial charge on any atom is -0.488 e. The molecular weight excluding hydrogens is 500 g/mol. The molecule has 3 heterocycles. The largest absolute Gasteiger partial charge is 0.488 e. The monoisotopic (exact) mass is 524 g/mol. The first-order valence-corrected chi connectivity index (χ1v) is 12.3. The van der Waals surface area contributed by atoms with E-state index in [4.69, 9.17) is 4.74 Å². The number of benzene rings is 2. The van der Waals surface area contributed by atoms with Crippen LogP contribution in [0, 0.1) is 11.7 Å².